The van der Waals surface area contributed by atoms with Gasteiger partial charge < -0.3 is 10.4 Å². The van der Waals surface area contributed by atoms with Gasteiger partial charge in [-0.15, -0.1) is 0 Å². The van der Waals surface area contributed by atoms with Crippen LogP contribution in [-0.2, 0) is 21.0 Å². The van der Waals surface area contributed by atoms with E-state index in [4.69, 9.17) is 11.6 Å². The molecule has 1 unspecified atom stereocenters. The summed E-state index contributed by atoms with van der Waals surface area (Å²) >= 11 is 5.88. The fourth-order valence-corrected chi connectivity index (χ4v) is 4.73. The lowest BCUT2D eigenvalue weighted by Gasteiger charge is -2.15. The highest BCUT2D eigenvalue weighted by Crippen LogP contribution is 2.29. The van der Waals surface area contributed by atoms with E-state index in [1.165, 1.54) is 12.1 Å². The van der Waals surface area contributed by atoms with Crippen LogP contribution in [0.1, 0.15) is 28.8 Å². The fourth-order valence-electron chi connectivity index (χ4n) is 3.38. The Labute approximate surface area is 216 Å². The smallest absolute Gasteiger partial charge is 0.416 e. The van der Waals surface area contributed by atoms with Crippen molar-refractivity contribution in [2.75, 3.05) is 6.54 Å². The Balaban J connectivity index is 1.55. The highest BCUT2D eigenvalue weighted by Gasteiger charge is 2.30. The van der Waals surface area contributed by atoms with Gasteiger partial charge in [0.2, 0.25) is 10.0 Å². The fraction of sp³-hybridized carbons (Fsp3) is 0.200. The van der Waals surface area contributed by atoms with Crippen LogP contribution in [0.4, 0.5) is 13.2 Å². The highest BCUT2D eigenvalue weighted by molar-refractivity contribution is 7.89. The van der Waals surface area contributed by atoms with Crippen molar-refractivity contribution in [3.8, 4) is 11.1 Å². The lowest BCUT2D eigenvalue weighted by atomic mass is 10.1. The Hall–Kier alpha value is -3.41. The van der Waals surface area contributed by atoms with Crippen molar-refractivity contribution in [3.05, 3.63) is 88.9 Å². The van der Waals surface area contributed by atoms with Gasteiger partial charge in [0.1, 0.15) is 6.04 Å². The van der Waals surface area contributed by atoms with Gasteiger partial charge in [0.15, 0.2) is 0 Å². The Morgan fingerprint density at radius 1 is 0.892 bits per heavy atom. The number of carbonyl (C=O) groups is 2. The minimum Gasteiger partial charge on any atom is -0.480 e. The number of aliphatic carboxylic acids is 1. The molecule has 3 N–H and O–H groups in total. The number of benzene rings is 3. The Bertz CT molecular complexity index is 1350. The summed E-state index contributed by atoms with van der Waals surface area (Å²) in [5.74, 6) is -2.03. The van der Waals surface area contributed by atoms with Crippen LogP contribution < -0.4 is 10.0 Å². The van der Waals surface area contributed by atoms with E-state index in [1.54, 1.807) is 36.4 Å². The predicted octanol–water partition coefficient (Wildman–Crippen LogP) is 4.97. The summed E-state index contributed by atoms with van der Waals surface area (Å²) in [5.41, 5.74) is 0.683. The van der Waals surface area contributed by atoms with Crippen LogP contribution in [0.15, 0.2) is 77.7 Å². The van der Waals surface area contributed by atoms with E-state index in [0.29, 0.717) is 5.02 Å². The molecule has 3 aromatic rings. The molecule has 37 heavy (non-hydrogen) atoms. The van der Waals surface area contributed by atoms with Crippen molar-refractivity contribution in [1.29, 1.82) is 0 Å². The number of sulfonamides is 1. The summed E-state index contributed by atoms with van der Waals surface area (Å²) in [6.07, 6.45) is -4.56. The van der Waals surface area contributed by atoms with Gasteiger partial charge in [-0.05, 0) is 72.5 Å². The Kier molecular flexibility index (Phi) is 8.95. The van der Waals surface area contributed by atoms with Crippen molar-refractivity contribution in [2.45, 2.75) is 30.0 Å². The monoisotopic (exact) mass is 554 g/mol. The number of carboxylic acid groups (broad SMARTS) is 1. The van der Waals surface area contributed by atoms with Crippen LogP contribution in [-0.4, -0.2) is 38.0 Å². The molecule has 1 atom stereocenters. The van der Waals surface area contributed by atoms with Crippen LogP contribution in [0.5, 0.6) is 0 Å². The maximum absolute atomic E-state index is 12.7. The first kappa shape index (κ1) is 28.2. The third-order valence-electron chi connectivity index (χ3n) is 5.37. The van der Waals surface area contributed by atoms with Crippen LogP contribution in [0.25, 0.3) is 11.1 Å². The number of hydrogen-bond donors (Lipinski definition) is 3. The Morgan fingerprint density at radius 3 is 1.95 bits per heavy atom. The summed E-state index contributed by atoms with van der Waals surface area (Å²) in [6, 6.07) is 15.0. The molecule has 3 aromatic carbocycles. The molecule has 0 bridgehead atoms. The SMILES string of the molecule is O=C(NCCCC(NS(=O)(=O)c1ccc(-c2ccc(Cl)cc2)cc1)C(=O)O)c1ccc(C(F)(F)F)cc1. The zero-order valence-corrected chi connectivity index (χ0v) is 20.7. The van der Waals surface area contributed by atoms with Gasteiger partial charge in [-0.2, -0.15) is 17.9 Å². The second-order valence-electron chi connectivity index (χ2n) is 8.02. The first-order valence-electron chi connectivity index (χ1n) is 10.9. The van der Waals surface area contributed by atoms with Crippen molar-refractivity contribution < 1.29 is 36.3 Å². The Morgan fingerprint density at radius 2 is 1.43 bits per heavy atom. The molecule has 1 amide bonds. The molecule has 196 valence electrons. The van der Waals surface area contributed by atoms with Gasteiger partial charge in [0, 0.05) is 17.1 Å². The third-order valence-corrected chi connectivity index (χ3v) is 7.11. The first-order valence-corrected chi connectivity index (χ1v) is 12.8. The van der Waals surface area contributed by atoms with Crippen molar-refractivity contribution in [2.24, 2.45) is 0 Å². The number of halogens is 4. The minimum atomic E-state index is -4.52. The molecule has 0 aliphatic heterocycles. The van der Waals surface area contributed by atoms with Gasteiger partial charge in [0.25, 0.3) is 5.91 Å². The summed E-state index contributed by atoms with van der Waals surface area (Å²) in [5, 5.41) is 12.5. The molecular weight excluding hydrogens is 533 g/mol. The van der Waals surface area contributed by atoms with Gasteiger partial charge in [-0.1, -0.05) is 35.9 Å². The van der Waals surface area contributed by atoms with E-state index in [0.717, 1.165) is 35.4 Å². The molecule has 0 aromatic heterocycles. The highest BCUT2D eigenvalue weighted by atomic mass is 35.5. The second kappa shape index (κ2) is 11.8. The average molecular weight is 555 g/mol. The van der Waals surface area contributed by atoms with Crippen molar-refractivity contribution >= 4 is 33.5 Å². The molecular formula is C25H22ClF3N2O5S. The largest absolute Gasteiger partial charge is 0.480 e. The molecule has 0 heterocycles. The second-order valence-corrected chi connectivity index (χ2v) is 10.2. The number of carboxylic acids is 1. The van der Waals surface area contributed by atoms with Crippen LogP contribution >= 0.6 is 11.6 Å². The van der Waals surface area contributed by atoms with E-state index in [1.807, 2.05) is 0 Å². The molecule has 7 nitrogen and oxygen atoms in total. The van der Waals surface area contributed by atoms with Crippen molar-refractivity contribution in [3.63, 3.8) is 0 Å². The third kappa shape index (κ3) is 7.78. The van der Waals surface area contributed by atoms with E-state index in [2.05, 4.69) is 10.0 Å². The molecule has 0 radical (unpaired) electrons. The van der Waals surface area contributed by atoms with E-state index >= 15 is 0 Å². The molecule has 3 rings (SSSR count). The lowest BCUT2D eigenvalue weighted by Crippen LogP contribution is -2.41. The molecule has 0 aliphatic rings. The summed E-state index contributed by atoms with van der Waals surface area (Å²) in [7, 11) is -4.15. The van der Waals surface area contributed by atoms with Crippen LogP contribution in [0.3, 0.4) is 0 Å². The van der Waals surface area contributed by atoms with Crippen LogP contribution in [0, 0.1) is 0 Å². The normalized spacial score (nSPS) is 12.6. The number of hydrogen-bond acceptors (Lipinski definition) is 4. The number of amides is 1. The quantitative estimate of drug-likeness (QED) is 0.306. The number of carbonyl (C=O) groups excluding carboxylic acids is 1. The number of alkyl halides is 3. The minimum absolute atomic E-state index is 0.00512. The van der Waals surface area contributed by atoms with E-state index in [-0.39, 0.29) is 29.8 Å². The number of rotatable bonds is 10. The predicted molar refractivity (Wildman–Crippen MR) is 132 cm³/mol. The summed E-state index contributed by atoms with van der Waals surface area (Å²) < 4.78 is 65.5. The maximum atomic E-state index is 12.7. The molecule has 0 fully saturated rings. The topological polar surface area (TPSA) is 113 Å². The van der Waals surface area contributed by atoms with Gasteiger partial charge in [-0.25, -0.2) is 8.42 Å². The molecule has 0 saturated carbocycles. The zero-order chi connectivity index (χ0) is 27.2. The molecule has 0 aliphatic carbocycles. The standard InChI is InChI=1S/C25H22ClF3N2O5S/c26-20-11-5-16(6-12-20)17-7-13-21(14-8-17)37(35,36)31-22(24(33)34)2-1-15-30-23(32)18-3-9-19(10-4-18)25(27,28)29/h3-14,22,31H,1-2,15H2,(H,30,32)(H,33,34). The molecule has 12 heteroatoms. The van der Waals surface area contributed by atoms with E-state index < -0.39 is 39.7 Å². The van der Waals surface area contributed by atoms with Gasteiger partial charge in [0.05, 0.1) is 10.5 Å². The maximum Gasteiger partial charge on any atom is 0.416 e. The zero-order valence-electron chi connectivity index (χ0n) is 19.1. The van der Waals surface area contributed by atoms with Crippen molar-refractivity contribution in [1.82, 2.24) is 10.0 Å². The first-order chi connectivity index (χ1) is 17.4. The summed E-state index contributed by atoms with van der Waals surface area (Å²) in [6.45, 7) is -0.0127. The van der Waals surface area contributed by atoms with Gasteiger partial charge >= 0.3 is 12.1 Å². The number of nitrogens with one attached hydrogen (secondary N) is 2. The summed E-state index contributed by atoms with van der Waals surface area (Å²) in [4.78, 5) is 23.6. The van der Waals surface area contributed by atoms with Gasteiger partial charge in [-0.3, -0.25) is 9.59 Å². The molecule has 0 saturated heterocycles. The van der Waals surface area contributed by atoms with Crippen LogP contribution in [0.2, 0.25) is 5.02 Å². The lowest BCUT2D eigenvalue weighted by molar-refractivity contribution is -0.139. The average Bonchev–Trinajstić information content (AvgIpc) is 2.85. The van der Waals surface area contributed by atoms with E-state index in [9.17, 15) is 36.3 Å². The molecule has 0 spiro atoms.